The van der Waals surface area contributed by atoms with E-state index in [1.165, 1.54) is 7.11 Å². The second-order valence-corrected chi connectivity index (χ2v) is 7.94. The number of amides is 1. The highest BCUT2D eigenvalue weighted by Gasteiger charge is 2.29. The standard InChI is InChI=1S/C19H16ClN3O3S/c1-26-17-8-3-2-7-14(17)19(24)21-18-15-10-27(25)11-16(15)22-23(18)13-6-4-5-12(20)9-13/h2-9H,10-11H2,1H3,(H,21,24)/t27-/m1/s1. The molecule has 0 unspecified atom stereocenters. The summed E-state index contributed by atoms with van der Waals surface area (Å²) in [4.78, 5) is 12.9. The SMILES string of the molecule is COc1ccccc1C(=O)Nc1c2c(nn1-c1cccc(Cl)c1)C[S@](=O)C2. The molecule has 2 aromatic carbocycles. The van der Waals surface area contributed by atoms with Gasteiger partial charge in [0.25, 0.3) is 5.91 Å². The van der Waals surface area contributed by atoms with Crippen LogP contribution in [0.1, 0.15) is 21.6 Å². The quantitative estimate of drug-likeness (QED) is 0.725. The van der Waals surface area contributed by atoms with E-state index in [4.69, 9.17) is 16.3 Å². The minimum absolute atomic E-state index is 0.323. The maximum Gasteiger partial charge on any atom is 0.260 e. The Balaban J connectivity index is 1.77. The summed E-state index contributed by atoms with van der Waals surface area (Å²) in [6.07, 6.45) is 0. The van der Waals surface area contributed by atoms with Crippen LogP contribution in [0.2, 0.25) is 5.02 Å². The molecule has 1 aliphatic heterocycles. The summed E-state index contributed by atoms with van der Waals surface area (Å²) in [7, 11) is 0.506. The molecule has 0 saturated carbocycles. The fourth-order valence-electron chi connectivity index (χ4n) is 3.06. The van der Waals surface area contributed by atoms with Gasteiger partial charge in [0, 0.05) is 21.4 Å². The zero-order valence-corrected chi connectivity index (χ0v) is 16.0. The lowest BCUT2D eigenvalue weighted by atomic mass is 10.2. The van der Waals surface area contributed by atoms with Gasteiger partial charge in [-0.1, -0.05) is 29.8 Å². The average Bonchev–Trinajstić information content (AvgIpc) is 3.18. The van der Waals surface area contributed by atoms with Crippen molar-refractivity contribution in [3.63, 3.8) is 0 Å². The molecule has 2 heterocycles. The third-order valence-electron chi connectivity index (χ3n) is 4.31. The summed E-state index contributed by atoms with van der Waals surface area (Å²) in [6, 6.07) is 14.2. The number of para-hydroxylation sites is 1. The number of hydrogen-bond donors (Lipinski definition) is 1. The van der Waals surface area contributed by atoms with Crippen molar-refractivity contribution in [2.75, 3.05) is 12.4 Å². The topological polar surface area (TPSA) is 73.2 Å². The first-order chi connectivity index (χ1) is 13.1. The number of ether oxygens (including phenoxy) is 1. The van der Waals surface area contributed by atoms with E-state index >= 15 is 0 Å². The molecular formula is C19H16ClN3O3S. The van der Waals surface area contributed by atoms with Crippen molar-refractivity contribution in [2.24, 2.45) is 0 Å². The molecule has 8 heteroatoms. The molecule has 0 saturated heterocycles. The second-order valence-electron chi connectivity index (χ2n) is 6.05. The van der Waals surface area contributed by atoms with Crippen molar-refractivity contribution in [3.05, 3.63) is 70.4 Å². The number of carbonyl (C=O) groups is 1. The smallest absolute Gasteiger partial charge is 0.260 e. The summed E-state index contributed by atoms with van der Waals surface area (Å²) in [5, 5.41) is 8.05. The molecule has 1 N–H and O–H groups in total. The Labute approximate surface area is 163 Å². The predicted octanol–water partition coefficient (Wildman–Crippen LogP) is 3.55. The number of nitrogens with one attached hydrogen (secondary N) is 1. The summed E-state index contributed by atoms with van der Waals surface area (Å²) >= 11 is 6.11. The highest BCUT2D eigenvalue weighted by atomic mass is 35.5. The maximum absolute atomic E-state index is 12.9. The molecule has 1 aromatic heterocycles. The number of aromatic nitrogens is 2. The molecule has 0 spiro atoms. The molecule has 27 heavy (non-hydrogen) atoms. The third kappa shape index (κ3) is 3.36. The van der Waals surface area contributed by atoms with E-state index in [9.17, 15) is 9.00 Å². The Kier molecular flexibility index (Phi) is 4.72. The number of benzene rings is 2. The Morgan fingerprint density at radius 3 is 2.81 bits per heavy atom. The van der Waals surface area contributed by atoms with Crippen LogP contribution >= 0.6 is 11.6 Å². The van der Waals surface area contributed by atoms with Crippen LogP contribution in [0.4, 0.5) is 5.82 Å². The van der Waals surface area contributed by atoms with Crippen LogP contribution < -0.4 is 10.1 Å². The van der Waals surface area contributed by atoms with Crippen molar-refractivity contribution in [3.8, 4) is 11.4 Å². The molecule has 6 nitrogen and oxygen atoms in total. The number of fused-ring (bicyclic) bond motifs is 1. The minimum atomic E-state index is -1.01. The monoisotopic (exact) mass is 401 g/mol. The van der Waals surface area contributed by atoms with Crippen molar-refractivity contribution in [2.45, 2.75) is 11.5 Å². The van der Waals surface area contributed by atoms with Crippen LogP contribution in [0.25, 0.3) is 5.69 Å². The molecule has 1 aliphatic rings. The van der Waals surface area contributed by atoms with Crippen molar-refractivity contribution in [1.29, 1.82) is 0 Å². The predicted molar refractivity (Wildman–Crippen MR) is 105 cm³/mol. The largest absolute Gasteiger partial charge is 0.496 e. The summed E-state index contributed by atoms with van der Waals surface area (Å²) < 4.78 is 18.9. The van der Waals surface area contributed by atoms with Gasteiger partial charge in [-0.3, -0.25) is 9.00 Å². The molecule has 1 amide bonds. The number of anilines is 1. The van der Waals surface area contributed by atoms with Gasteiger partial charge >= 0.3 is 0 Å². The van der Waals surface area contributed by atoms with Gasteiger partial charge in [-0.15, -0.1) is 0 Å². The van der Waals surface area contributed by atoms with Crippen molar-refractivity contribution < 1.29 is 13.7 Å². The molecule has 1 atom stereocenters. The molecule has 3 aromatic rings. The van der Waals surface area contributed by atoms with E-state index in [1.54, 1.807) is 41.1 Å². The number of carbonyl (C=O) groups excluding carboxylic acids is 1. The molecule has 0 bridgehead atoms. The zero-order valence-electron chi connectivity index (χ0n) is 14.4. The van der Waals surface area contributed by atoms with Crippen LogP contribution in [0.5, 0.6) is 5.75 Å². The Morgan fingerprint density at radius 2 is 2.04 bits per heavy atom. The first-order valence-corrected chi connectivity index (χ1v) is 10.1. The van der Waals surface area contributed by atoms with Gasteiger partial charge in [0.2, 0.25) is 0 Å². The van der Waals surface area contributed by atoms with Gasteiger partial charge in [-0.2, -0.15) is 5.10 Å². The molecular weight excluding hydrogens is 386 g/mol. The molecule has 0 radical (unpaired) electrons. The summed E-state index contributed by atoms with van der Waals surface area (Å²) in [5.74, 6) is 1.40. The molecule has 0 fully saturated rings. The summed E-state index contributed by atoms with van der Waals surface area (Å²) in [5.41, 5.74) is 2.64. The Hall–Kier alpha value is -2.64. The first-order valence-electron chi connectivity index (χ1n) is 8.23. The molecule has 0 aliphatic carbocycles. The molecule has 4 rings (SSSR count). The van der Waals surface area contributed by atoms with Gasteiger partial charge in [0.15, 0.2) is 0 Å². The van der Waals surface area contributed by atoms with E-state index in [0.29, 0.717) is 33.7 Å². The number of rotatable bonds is 4. The van der Waals surface area contributed by atoms with Crippen LogP contribution in [-0.2, 0) is 22.3 Å². The average molecular weight is 402 g/mol. The third-order valence-corrected chi connectivity index (χ3v) is 5.75. The first kappa shape index (κ1) is 17.8. The van der Waals surface area contributed by atoms with Crippen LogP contribution in [-0.4, -0.2) is 27.0 Å². The van der Waals surface area contributed by atoms with E-state index in [2.05, 4.69) is 10.4 Å². The van der Waals surface area contributed by atoms with Crippen molar-refractivity contribution >= 4 is 34.1 Å². The number of nitrogens with zero attached hydrogens (tertiary/aromatic N) is 2. The van der Waals surface area contributed by atoms with Crippen molar-refractivity contribution in [1.82, 2.24) is 9.78 Å². The Morgan fingerprint density at radius 1 is 1.22 bits per heavy atom. The van der Waals surface area contributed by atoms with E-state index in [-0.39, 0.29) is 5.91 Å². The molecule has 138 valence electrons. The lowest BCUT2D eigenvalue weighted by molar-refractivity contribution is 0.102. The van der Waals surface area contributed by atoms with Crippen LogP contribution in [0.15, 0.2) is 48.5 Å². The van der Waals surface area contributed by atoms with Gasteiger partial charge in [0.05, 0.1) is 35.6 Å². The lowest BCUT2D eigenvalue weighted by Crippen LogP contribution is -2.17. The highest BCUT2D eigenvalue weighted by molar-refractivity contribution is 7.83. The highest BCUT2D eigenvalue weighted by Crippen LogP contribution is 2.32. The van der Waals surface area contributed by atoms with E-state index in [1.807, 2.05) is 12.1 Å². The fraction of sp³-hybridized carbons (Fsp3) is 0.158. The van der Waals surface area contributed by atoms with E-state index in [0.717, 1.165) is 16.9 Å². The number of hydrogen-bond acceptors (Lipinski definition) is 4. The van der Waals surface area contributed by atoms with Gasteiger partial charge in [-0.25, -0.2) is 4.68 Å². The second kappa shape index (κ2) is 7.17. The Bertz CT molecular complexity index is 1060. The summed E-state index contributed by atoms with van der Waals surface area (Å²) in [6.45, 7) is 0. The minimum Gasteiger partial charge on any atom is -0.496 e. The van der Waals surface area contributed by atoms with Gasteiger partial charge in [-0.05, 0) is 30.3 Å². The van der Waals surface area contributed by atoms with Crippen LogP contribution in [0.3, 0.4) is 0 Å². The van der Waals surface area contributed by atoms with Gasteiger partial charge < -0.3 is 10.1 Å². The maximum atomic E-state index is 12.9. The fourth-order valence-corrected chi connectivity index (χ4v) is 4.51. The normalized spacial score (nSPS) is 15.4. The zero-order chi connectivity index (χ0) is 19.0. The van der Waals surface area contributed by atoms with E-state index < -0.39 is 10.8 Å². The number of methoxy groups -OCH3 is 1. The van der Waals surface area contributed by atoms with Crippen LogP contribution in [0, 0.1) is 0 Å². The lowest BCUT2D eigenvalue weighted by Gasteiger charge is -2.13. The number of halogens is 1. The van der Waals surface area contributed by atoms with Gasteiger partial charge in [0.1, 0.15) is 11.6 Å².